The highest BCUT2D eigenvalue weighted by atomic mass is 35.5. The molecule has 98 valence electrons. The van der Waals surface area contributed by atoms with Gasteiger partial charge in [0, 0.05) is 17.2 Å². The second-order valence-corrected chi connectivity index (χ2v) is 6.08. The molecule has 1 aromatic carbocycles. The molecule has 1 heterocycles. The van der Waals surface area contributed by atoms with Gasteiger partial charge in [0.05, 0.1) is 5.88 Å². The van der Waals surface area contributed by atoms with Gasteiger partial charge in [-0.1, -0.05) is 22.8 Å². The van der Waals surface area contributed by atoms with Crippen molar-refractivity contribution in [3.8, 4) is 0 Å². The zero-order valence-corrected chi connectivity index (χ0v) is 12.1. The molecule has 0 aromatic heterocycles. The predicted molar refractivity (Wildman–Crippen MR) is 75.0 cm³/mol. The molecule has 0 radical (unpaired) electrons. The summed E-state index contributed by atoms with van der Waals surface area (Å²) in [6.07, 6.45) is 0.694. The van der Waals surface area contributed by atoms with Crippen LogP contribution in [0.15, 0.2) is 23.4 Å². The second kappa shape index (κ2) is 5.68. The lowest BCUT2D eigenvalue weighted by Gasteiger charge is -2.16. The molecule has 0 N–H and O–H groups in total. The number of alkyl halides is 1. The van der Waals surface area contributed by atoms with Crippen LogP contribution in [0.25, 0.3) is 0 Å². The van der Waals surface area contributed by atoms with E-state index in [9.17, 15) is 4.39 Å². The first-order valence-electron chi connectivity index (χ1n) is 5.40. The minimum absolute atomic E-state index is 0.329. The number of rotatable bonds is 3. The fourth-order valence-corrected chi connectivity index (χ4v) is 3.02. The number of benzene rings is 1. The van der Waals surface area contributed by atoms with Crippen LogP contribution in [0.3, 0.4) is 0 Å². The topological polar surface area (TPSA) is 21.6 Å². The van der Waals surface area contributed by atoms with Gasteiger partial charge in [-0.3, -0.25) is 0 Å². The van der Waals surface area contributed by atoms with Gasteiger partial charge in [-0.05, 0) is 24.6 Å². The number of nitrogens with zero attached hydrogens (tertiary/aromatic N) is 1. The zero-order valence-electron chi connectivity index (χ0n) is 9.75. The van der Waals surface area contributed by atoms with Gasteiger partial charge in [-0.25, -0.2) is 4.39 Å². The van der Waals surface area contributed by atoms with Gasteiger partial charge in [-0.2, -0.15) is 0 Å². The van der Waals surface area contributed by atoms with Crippen LogP contribution in [0.1, 0.15) is 18.9 Å². The van der Waals surface area contributed by atoms with Crippen molar-refractivity contribution in [2.24, 2.45) is 5.16 Å². The van der Waals surface area contributed by atoms with Crippen molar-refractivity contribution < 1.29 is 9.23 Å². The summed E-state index contributed by atoms with van der Waals surface area (Å²) in [4.78, 5) is 5.28. The highest BCUT2D eigenvalue weighted by molar-refractivity contribution is 8.13. The summed E-state index contributed by atoms with van der Waals surface area (Å²) >= 11 is 13.3. The summed E-state index contributed by atoms with van der Waals surface area (Å²) in [6.45, 7) is 1.92. The van der Waals surface area contributed by atoms with E-state index in [1.54, 1.807) is 6.07 Å². The Morgan fingerprint density at radius 3 is 2.94 bits per heavy atom. The molecule has 18 heavy (non-hydrogen) atoms. The molecule has 0 amide bonds. The Kier molecular flexibility index (Phi) is 4.41. The Bertz CT molecular complexity index is 483. The summed E-state index contributed by atoms with van der Waals surface area (Å²) in [5, 5.41) is 5.32. The molecule has 1 atom stereocenters. The van der Waals surface area contributed by atoms with Gasteiger partial charge in [0.2, 0.25) is 0 Å². The van der Waals surface area contributed by atoms with Gasteiger partial charge in [-0.15, -0.1) is 23.4 Å². The monoisotopic (exact) mass is 307 g/mol. The van der Waals surface area contributed by atoms with Crippen molar-refractivity contribution in [1.29, 1.82) is 0 Å². The maximum atomic E-state index is 12.9. The third-order valence-electron chi connectivity index (χ3n) is 2.59. The van der Waals surface area contributed by atoms with Gasteiger partial charge < -0.3 is 4.84 Å². The number of hydrogen-bond acceptors (Lipinski definition) is 3. The molecule has 1 aliphatic rings. The van der Waals surface area contributed by atoms with E-state index in [-0.39, 0.29) is 5.82 Å². The minimum atomic E-state index is -0.406. The molecule has 0 bridgehead atoms. The SMILES string of the molecule is CC1(CCl)CC(SCc2ccc(F)cc2Cl)=NO1. The van der Waals surface area contributed by atoms with Crippen molar-refractivity contribution in [2.45, 2.75) is 24.7 Å². The second-order valence-electron chi connectivity index (χ2n) is 4.36. The Morgan fingerprint density at radius 1 is 1.56 bits per heavy atom. The number of halogens is 3. The molecule has 6 heteroatoms. The van der Waals surface area contributed by atoms with Crippen LogP contribution in [-0.4, -0.2) is 16.5 Å². The first-order valence-corrected chi connectivity index (χ1v) is 7.30. The van der Waals surface area contributed by atoms with Gasteiger partial charge in [0.25, 0.3) is 0 Å². The van der Waals surface area contributed by atoms with E-state index in [1.807, 2.05) is 6.92 Å². The molecule has 0 saturated heterocycles. The first-order chi connectivity index (χ1) is 8.52. The number of thioether (sulfide) groups is 1. The van der Waals surface area contributed by atoms with Gasteiger partial charge in [0.1, 0.15) is 10.9 Å². The molecule has 2 nitrogen and oxygen atoms in total. The summed E-state index contributed by atoms with van der Waals surface area (Å²) in [6, 6.07) is 4.40. The summed E-state index contributed by atoms with van der Waals surface area (Å²) < 4.78 is 12.9. The van der Waals surface area contributed by atoms with Crippen molar-refractivity contribution in [1.82, 2.24) is 0 Å². The van der Waals surface area contributed by atoms with E-state index in [0.717, 1.165) is 10.6 Å². The third kappa shape index (κ3) is 3.31. The standard InChI is InChI=1S/C12H12Cl2FNOS/c1-12(7-13)5-11(16-17-12)18-6-8-2-3-9(15)4-10(8)14/h2-4H,5-7H2,1H3. The fraction of sp³-hybridized carbons (Fsp3) is 0.417. The van der Waals surface area contributed by atoms with E-state index in [4.69, 9.17) is 28.0 Å². The maximum Gasteiger partial charge on any atom is 0.154 e. The quantitative estimate of drug-likeness (QED) is 0.770. The lowest BCUT2D eigenvalue weighted by Crippen LogP contribution is -2.26. The van der Waals surface area contributed by atoms with Gasteiger partial charge >= 0.3 is 0 Å². The van der Waals surface area contributed by atoms with Crippen LogP contribution >= 0.6 is 35.0 Å². The Morgan fingerprint density at radius 2 is 2.33 bits per heavy atom. The third-order valence-corrected chi connectivity index (χ3v) is 4.51. The van der Waals surface area contributed by atoms with Crippen LogP contribution in [0.5, 0.6) is 0 Å². The highest BCUT2D eigenvalue weighted by Gasteiger charge is 2.33. The minimum Gasteiger partial charge on any atom is -0.387 e. The normalized spacial score (nSPS) is 22.8. The molecule has 1 unspecified atom stereocenters. The first kappa shape index (κ1) is 14.0. The Hall–Kier alpha value is -0.450. The number of hydrogen-bond donors (Lipinski definition) is 0. The summed E-state index contributed by atoms with van der Waals surface area (Å²) in [5.74, 6) is 0.711. The van der Waals surface area contributed by atoms with E-state index >= 15 is 0 Å². The van der Waals surface area contributed by atoms with Crippen LogP contribution in [0.2, 0.25) is 5.02 Å². The molecule has 0 spiro atoms. The Labute approximate surface area is 119 Å². The van der Waals surface area contributed by atoms with Gasteiger partial charge in [0.15, 0.2) is 5.60 Å². The summed E-state index contributed by atoms with van der Waals surface area (Å²) in [7, 11) is 0. The van der Waals surface area contributed by atoms with Crippen molar-refractivity contribution in [3.05, 3.63) is 34.6 Å². The van der Waals surface area contributed by atoms with Crippen LogP contribution in [-0.2, 0) is 10.6 Å². The van der Waals surface area contributed by atoms with E-state index in [1.165, 1.54) is 23.9 Å². The molecule has 0 aliphatic carbocycles. The zero-order chi connectivity index (χ0) is 13.2. The highest BCUT2D eigenvalue weighted by Crippen LogP contribution is 2.31. The molecule has 0 fully saturated rings. The molecule has 2 rings (SSSR count). The Balaban J connectivity index is 1.93. The summed E-state index contributed by atoms with van der Waals surface area (Å²) in [5.41, 5.74) is 0.474. The van der Waals surface area contributed by atoms with Crippen LogP contribution in [0.4, 0.5) is 4.39 Å². The van der Waals surface area contributed by atoms with Crippen LogP contribution < -0.4 is 0 Å². The molecular weight excluding hydrogens is 296 g/mol. The average Bonchev–Trinajstić information content (AvgIpc) is 2.71. The maximum absolute atomic E-state index is 12.9. The van der Waals surface area contributed by atoms with Crippen molar-refractivity contribution >= 4 is 40.0 Å². The van der Waals surface area contributed by atoms with E-state index < -0.39 is 5.60 Å². The largest absolute Gasteiger partial charge is 0.387 e. The molecule has 1 aromatic rings. The average molecular weight is 308 g/mol. The number of oxime groups is 1. The van der Waals surface area contributed by atoms with E-state index in [0.29, 0.717) is 23.1 Å². The smallest absolute Gasteiger partial charge is 0.154 e. The molecular formula is C12H12Cl2FNOS. The lowest BCUT2D eigenvalue weighted by molar-refractivity contribution is 0.0152. The van der Waals surface area contributed by atoms with Crippen molar-refractivity contribution in [3.63, 3.8) is 0 Å². The molecule has 1 aliphatic heterocycles. The van der Waals surface area contributed by atoms with Crippen LogP contribution in [0, 0.1) is 5.82 Å². The van der Waals surface area contributed by atoms with Crippen molar-refractivity contribution in [2.75, 3.05) is 5.88 Å². The molecule has 0 saturated carbocycles. The van der Waals surface area contributed by atoms with E-state index in [2.05, 4.69) is 5.16 Å². The fourth-order valence-electron chi connectivity index (χ4n) is 1.49. The predicted octanol–water partition coefficient (Wildman–Crippen LogP) is 4.44. The lowest BCUT2D eigenvalue weighted by atomic mass is 10.1.